The summed E-state index contributed by atoms with van der Waals surface area (Å²) < 4.78 is 1.61. The van der Waals surface area contributed by atoms with E-state index in [0.29, 0.717) is 50.5 Å². The molecule has 182 valence electrons. The third kappa shape index (κ3) is 5.55. The molecule has 0 bridgehead atoms. The molecule has 0 saturated carbocycles. The van der Waals surface area contributed by atoms with Crippen LogP contribution in [0.15, 0.2) is 79.0 Å². The maximum atomic E-state index is 12.6. The Balaban J connectivity index is 1.33. The molecule has 2 radical (unpaired) electrons. The topological polar surface area (TPSA) is 91.5 Å². The molecule has 0 fully saturated rings. The Bertz CT molecular complexity index is 1620. The number of phenols is 1. The number of carbonyl (C=O) groups is 1. The lowest BCUT2D eigenvalue weighted by atomic mass is 10.0. The lowest BCUT2D eigenvalue weighted by Crippen LogP contribution is -2.14. The molecule has 5 aromatic rings. The van der Waals surface area contributed by atoms with Crippen LogP contribution in [0.1, 0.15) is 11.1 Å². The number of aromatic hydroxyl groups is 1. The van der Waals surface area contributed by atoms with Gasteiger partial charge in [0, 0.05) is 30.1 Å². The summed E-state index contributed by atoms with van der Waals surface area (Å²) in [4.78, 5) is 17.1. The normalized spacial score (nSPS) is 11.0. The highest BCUT2D eigenvalue weighted by Crippen LogP contribution is 2.29. The van der Waals surface area contributed by atoms with E-state index in [-0.39, 0.29) is 18.1 Å². The van der Waals surface area contributed by atoms with Gasteiger partial charge < -0.3 is 15.7 Å². The van der Waals surface area contributed by atoms with Crippen LogP contribution in [-0.4, -0.2) is 33.5 Å². The maximum absolute atomic E-state index is 12.6. The quantitative estimate of drug-likeness (QED) is 0.259. The average molecular weight is 528 g/mol. The van der Waals surface area contributed by atoms with Gasteiger partial charge in [-0.05, 0) is 53.0 Å². The van der Waals surface area contributed by atoms with Crippen molar-refractivity contribution in [2.75, 3.05) is 10.6 Å². The third-order valence-electron chi connectivity index (χ3n) is 5.71. The van der Waals surface area contributed by atoms with E-state index < -0.39 is 0 Å². The van der Waals surface area contributed by atoms with Gasteiger partial charge in [0.2, 0.25) is 5.91 Å². The largest absolute Gasteiger partial charge is 0.507 e. The highest BCUT2D eigenvalue weighted by molar-refractivity contribution is 6.42. The van der Waals surface area contributed by atoms with E-state index in [1.807, 2.05) is 30.3 Å². The van der Waals surface area contributed by atoms with Crippen LogP contribution in [0.3, 0.4) is 0 Å². The zero-order valence-electron chi connectivity index (χ0n) is 19.5. The summed E-state index contributed by atoms with van der Waals surface area (Å²) in [5.74, 6) is 0.598. The number of rotatable bonds is 7. The molecule has 3 N–H and O–H groups in total. The summed E-state index contributed by atoms with van der Waals surface area (Å²) >= 11 is 12.0. The van der Waals surface area contributed by atoms with Crippen LogP contribution in [0.5, 0.6) is 5.75 Å². The molecule has 0 aliphatic heterocycles. The molecule has 0 spiro atoms. The Hall–Kier alpha value is -4.01. The monoisotopic (exact) mass is 527 g/mol. The third-order valence-corrected chi connectivity index (χ3v) is 6.45. The van der Waals surface area contributed by atoms with Gasteiger partial charge in [-0.2, -0.15) is 9.61 Å². The van der Waals surface area contributed by atoms with Crippen LogP contribution in [0.2, 0.25) is 10.0 Å². The Morgan fingerprint density at radius 2 is 1.81 bits per heavy atom. The summed E-state index contributed by atoms with van der Waals surface area (Å²) in [5.41, 5.74) is 4.41. The molecule has 0 aliphatic rings. The second-order valence-corrected chi connectivity index (χ2v) is 9.22. The number of aromatic nitrogens is 3. The van der Waals surface area contributed by atoms with Crippen LogP contribution < -0.4 is 16.1 Å². The summed E-state index contributed by atoms with van der Waals surface area (Å²) in [6.07, 6.45) is 1.70. The number of phenolic OH excluding ortho intramolecular Hbond substituents is 1. The molecule has 0 unspecified atom stereocenters. The summed E-state index contributed by atoms with van der Waals surface area (Å²) in [7, 11) is 6.08. The Morgan fingerprint density at radius 1 is 0.973 bits per heavy atom. The van der Waals surface area contributed by atoms with Gasteiger partial charge in [0.15, 0.2) is 5.65 Å². The van der Waals surface area contributed by atoms with Crippen LogP contribution >= 0.6 is 23.2 Å². The number of para-hydroxylation sites is 1. The Labute approximate surface area is 224 Å². The Morgan fingerprint density at radius 3 is 2.62 bits per heavy atom. The first-order valence-electron chi connectivity index (χ1n) is 11.4. The SMILES string of the molecule is [B]c1cnn2c(NCc3cccc(NC(=O)Cc4ccc(Cl)c(Cl)c4)c3)cc(-c3ccccc3O)nc12. The highest BCUT2D eigenvalue weighted by atomic mass is 35.5. The number of amides is 1. The molecule has 10 heteroatoms. The fourth-order valence-electron chi connectivity index (χ4n) is 3.93. The van der Waals surface area contributed by atoms with Crippen molar-refractivity contribution in [3.05, 3.63) is 100 Å². The maximum Gasteiger partial charge on any atom is 0.228 e. The highest BCUT2D eigenvalue weighted by Gasteiger charge is 2.13. The van der Waals surface area contributed by atoms with E-state index in [4.69, 9.17) is 31.0 Å². The van der Waals surface area contributed by atoms with E-state index in [9.17, 15) is 9.90 Å². The van der Waals surface area contributed by atoms with Gasteiger partial charge in [-0.3, -0.25) is 4.79 Å². The summed E-state index contributed by atoms with van der Waals surface area (Å²) in [5, 5.41) is 21.8. The summed E-state index contributed by atoms with van der Waals surface area (Å²) in [6, 6.07) is 21.4. The number of carbonyl (C=O) groups excluding carboxylic acids is 1. The van der Waals surface area contributed by atoms with Crippen molar-refractivity contribution in [1.29, 1.82) is 0 Å². The van der Waals surface area contributed by atoms with Crippen LogP contribution in [0.4, 0.5) is 11.5 Å². The van der Waals surface area contributed by atoms with E-state index >= 15 is 0 Å². The molecule has 0 atom stereocenters. The van der Waals surface area contributed by atoms with Crippen LogP contribution in [0.25, 0.3) is 16.9 Å². The predicted octanol–water partition coefficient (Wildman–Crippen LogP) is 5.00. The fraction of sp³-hybridized carbons (Fsp3) is 0.0741. The number of anilines is 2. The zero-order valence-corrected chi connectivity index (χ0v) is 21.0. The number of fused-ring (bicyclic) bond motifs is 1. The Kier molecular flexibility index (Phi) is 7.03. The van der Waals surface area contributed by atoms with E-state index in [1.165, 1.54) is 6.20 Å². The smallest absolute Gasteiger partial charge is 0.228 e. The standard InChI is InChI=1S/C27H20BCl2N5O2/c28-20-15-32-35-25(13-23(34-27(20)35)19-6-1-2-7-24(19)36)31-14-17-4-3-5-18(10-17)33-26(37)12-16-8-9-21(29)22(30)11-16/h1-11,13,15,31,36H,12,14H2,(H,33,37). The molecule has 5 rings (SSSR count). The number of benzene rings is 3. The first-order chi connectivity index (χ1) is 17.9. The number of halogens is 2. The number of nitrogens with zero attached hydrogens (tertiary/aromatic N) is 3. The van der Waals surface area contributed by atoms with Gasteiger partial charge in [-0.25, -0.2) is 4.98 Å². The van der Waals surface area contributed by atoms with Crippen molar-refractivity contribution in [1.82, 2.24) is 14.6 Å². The van der Waals surface area contributed by atoms with Crippen LogP contribution in [-0.2, 0) is 17.8 Å². The van der Waals surface area contributed by atoms with Gasteiger partial charge in [0.1, 0.15) is 19.4 Å². The van der Waals surface area contributed by atoms with E-state index in [0.717, 1.165) is 11.1 Å². The molecule has 7 nitrogen and oxygen atoms in total. The first kappa shape index (κ1) is 24.7. The lowest BCUT2D eigenvalue weighted by molar-refractivity contribution is -0.115. The molecule has 3 aromatic carbocycles. The van der Waals surface area contributed by atoms with Crippen LogP contribution in [0, 0.1) is 0 Å². The molecule has 0 saturated heterocycles. The zero-order chi connectivity index (χ0) is 25.9. The molecular weight excluding hydrogens is 508 g/mol. The van der Waals surface area contributed by atoms with Crippen molar-refractivity contribution in [2.24, 2.45) is 0 Å². The van der Waals surface area contributed by atoms with Crippen molar-refractivity contribution in [3.8, 4) is 17.0 Å². The van der Waals surface area contributed by atoms with Gasteiger partial charge in [-0.1, -0.05) is 53.5 Å². The molecule has 37 heavy (non-hydrogen) atoms. The first-order valence-corrected chi connectivity index (χ1v) is 12.1. The molecule has 0 aliphatic carbocycles. The minimum Gasteiger partial charge on any atom is -0.507 e. The minimum absolute atomic E-state index is 0.118. The second-order valence-electron chi connectivity index (χ2n) is 8.41. The van der Waals surface area contributed by atoms with Crippen molar-refractivity contribution < 1.29 is 9.90 Å². The minimum atomic E-state index is -0.168. The predicted molar refractivity (Wildman–Crippen MR) is 148 cm³/mol. The van der Waals surface area contributed by atoms with Crippen molar-refractivity contribution in [2.45, 2.75) is 13.0 Å². The number of hydrogen-bond donors (Lipinski definition) is 3. The van der Waals surface area contributed by atoms with Gasteiger partial charge in [0.25, 0.3) is 0 Å². The number of nitrogens with one attached hydrogen (secondary N) is 2. The average Bonchev–Trinajstić information content (AvgIpc) is 3.26. The number of hydrogen-bond acceptors (Lipinski definition) is 5. The molecule has 2 aromatic heterocycles. The van der Waals surface area contributed by atoms with Crippen molar-refractivity contribution >= 4 is 59.6 Å². The van der Waals surface area contributed by atoms with E-state index in [2.05, 4.69) is 20.7 Å². The van der Waals surface area contributed by atoms with E-state index in [1.54, 1.807) is 47.0 Å². The second kappa shape index (κ2) is 10.5. The fourth-order valence-corrected chi connectivity index (χ4v) is 4.25. The lowest BCUT2D eigenvalue weighted by Gasteiger charge is -2.13. The summed E-state index contributed by atoms with van der Waals surface area (Å²) in [6.45, 7) is 0.440. The van der Waals surface area contributed by atoms with Crippen molar-refractivity contribution in [3.63, 3.8) is 0 Å². The van der Waals surface area contributed by atoms with Gasteiger partial charge in [0.05, 0.1) is 22.2 Å². The molecule has 1 amide bonds. The van der Waals surface area contributed by atoms with Gasteiger partial charge in [-0.15, -0.1) is 0 Å². The van der Waals surface area contributed by atoms with Gasteiger partial charge >= 0.3 is 0 Å². The molecular formula is C27H20BCl2N5O2. The molecule has 2 heterocycles.